The van der Waals surface area contributed by atoms with Gasteiger partial charge in [-0.2, -0.15) is 5.26 Å². The highest BCUT2D eigenvalue weighted by Gasteiger charge is 2.18. The van der Waals surface area contributed by atoms with Gasteiger partial charge in [0.05, 0.1) is 5.56 Å². The summed E-state index contributed by atoms with van der Waals surface area (Å²) in [6, 6.07) is 5.87. The fourth-order valence-electron chi connectivity index (χ4n) is 2.32. The summed E-state index contributed by atoms with van der Waals surface area (Å²) in [5.74, 6) is 1.71. The molecule has 1 aromatic heterocycles. The first-order chi connectivity index (χ1) is 8.69. The molecule has 0 aliphatic carbocycles. The fraction of sp³-hybridized carbons (Fsp3) is 0.571. The molecule has 1 aliphatic rings. The van der Waals surface area contributed by atoms with Crippen LogP contribution in [0, 0.1) is 17.2 Å². The SMILES string of the molecule is CC(C)CN1CCN(c2ccc(C#N)cn2)CC1. The predicted molar refractivity (Wildman–Crippen MR) is 72.4 cm³/mol. The minimum Gasteiger partial charge on any atom is -0.354 e. The molecule has 4 heteroatoms. The Bertz CT molecular complexity index is 410. The third kappa shape index (κ3) is 3.21. The summed E-state index contributed by atoms with van der Waals surface area (Å²) in [7, 11) is 0. The Labute approximate surface area is 109 Å². The second-order valence-corrected chi connectivity index (χ2v) is 5.20. The van der Waals surface area contributed by atoms with E-state index in [2.05, 4.69) is 34.7 Å². The standard InChI is InChI=1S/C14H20N4/c1-12(2)11-17-5-7-18(8-6-17)14-4-3-13(9-15)10-16-14/h3-4,10,12H,5-8,11H2,1-2H3. The van der Waals surface area contributed by atoms with Crippen molar-refractivity contribution < 1.29 is 0 Å². The average Bonchev–Trinajstić information content (AvgIpc) is 2.39. The number of hydrogen-bond acceptors (Lipinski definition) is 4. The number of rotatable bonds is 3. The molecule has 2 rings (SSSR count). The number of anilines is 1. The van der Waals surface area contributed by atoms with Gasteiger partial charge in [0.25, 0.3) is 0 Å². The van der Waals surface area contributed by atoms with Crippen LogP contribution in [0.5, 0.6) is 0 Å². The number of piperazine rings is 1. The van der Waals surface area contributed by atoms with Crippen LogP contribution in [0.25, 0.3) is 0 Å². The molecule has 0 radical (unpaired) electrons. The van der Waals surface area contributed by atoms with Crippen LogP contribution in [-0.4, -0.2) is 42.6 Å². The Morgan fingerprint density at radius 2 is 2.00 bits per heavy atom. The average molecular weight is 244 g/mol. The molecule has 0 atom stereocenters. The molecule has 18 heavy (non-hydrogen) atoms. The highest BCUT2D eigenvalue weighted by Crippen LogP contribution is 2.14. The molecular weight excluding hydrogens is 224 g/mol. The van der Waals surface area contributed by atoms with Gasteiger partial charge in [-0.15, -0.1) is 0 Å². The smallest absolute Gasteiger partial charge is 0.128 e. The van der Waals surface area contributed by atoms with Crippen molar-refractivity contribution in [3.05, 3.63) is 23.9 Å². The number of nitriles is 1. The zero-order valence-electron chi connectivity index (χ0n) is 11.1. The number of nitrogens with zero attached hydrogens (tertiary/aromatic N) is 4. The summed E-state index contributed by atoms with van der Waals surface area (Å²) in [6.07, 6.45) is 1.65. The van der Waals surface area contributed by atoms with E-state index in [1.54, 1.807) is 6.20 Å². The Hall–Kier alpha value is -1.60. The van der Waals surface area contributed by atoms with E-state index in [0.717, 1.165) is 37.9 Å². The van der Waals surface area contributed by atoms with Gasteiger partial charge in [-0.3, -0.25) is 4.90 Å². The van der Waals surface area contributed by atoms with Gasteiger partial charge in [0.1, 0.15) is 11.9 Å². The van der Waals surface area contributed by atoms with Crippen molar-refractivity contribution in [3.63, 3.8) is 0 Å². The molecule has 0 bridgehead atoms. The van der Waals surface area contributed by atoms with E-state index in [1.165, 1.54) is 6.54 Å². The van der Waals surface area contributed by atoms with Gasteiger partial charge in [0.2, 0.25) is 0 Å². The molecule has 0 aromatic carbocycles. The van der Waals surface area contributed by atoms with Crippen LogP contribution in [0.2, 0.25) is 0 Å². The molecule has 0 N–H and O–H groups in total. The van der Waals surface area contributed by atoms with Crippen molar-refractivity contribution in [2.75, 3.05) is 37.6 Å². The Balaban J connectivity index is 1.91. The van der Waals surface area contributed by atoms with Crippen LogP contribution in [0.3, 0.4) is 0 Å². The van der Waals surface area contributed by atoms with Crippen molar-refractivity contribution in [1.29, 1.82) is 5.26 Å². The lowest BCUT2D eigenvalue weighted by molar-refractivity contribution is 0.231. The molecule has 0 spiro atoms. The van der Waals surface area contributed by atoms with E-state index in [0.29, 0.717) is 5.56 Å². The Kier molecular flexibility index (Phi) is 4.16. The maximum Gasteiger partial charge on any atom is 0.128 e. The van der Waals surface area contributed by atoms with Gasteiger partial charge < -0.3 is 4.90 Å². The van der Waals surface area contributed by atoms with E-state index >= 15 is 0 Å². The van der Waals surface area contributed by atoms with Crippen LogP contribution in [-0.2, 0) is 0 Å². The largest absolute Gasteiger partial charge is 0.354 e. The van der Waals surface area contributed by atoms with E-state index in [4.69, 9.17) is 5.26 Å². The van der Waals surface area contributed by atoms with Gasteiger partial charge in [-0.05, 0) is 18.1 Å². The molecule has 4 nitrogen and oxygen atoms in total. The summed E-state index contributed by atoms with van der Waals surface area (Å²) < 4.78 is 0. The zero-order valence-corrected chi connectivity index (χ0v) is 11.1. The minimum absolute atomic E-state index is 0.622. The maximum absolute atomic E-state index is 8.75. The maximum atomic E-state index is 8.75. The molecule has 0 unspecified atom stereocenters. The molecular formula is C14H20N4. The number of aromatic nitrogens is 1. The monoisotopic (exact) mass is 244 g/mol. The van der Waals surface area contributed by atoms with Crippen molar-refractivity contribution in [2.45, 2.75) is 13.8 Å². The quantitative estimate of drug-likeness (QED) is 0.812. The molecule has 1 aromatic rings. The normalized spacial score (nSPS) is 16.9. The van der Waals surface area contributed by atoms with E-state index < -0.39 is 0 Å². The second-order valence-electron chi connectivity index (χ2n) is 5.20. The van der Waals surface area contributed by atoms with Crippen LogP contribution in [0.1, 0.15) is 19.4 Å². The summed E-state index contributed by atoms with van der Waals surface area (Å²) in [5.41, 5.74) is 0.622. The second kappa shape index (κ2) is 5.83. The van der Waals surface area contributed by atoms with Gasteiger partial charge in [-0.25, -0.2) is 4.98 Å². The van der Waals surface area contributed by atoms with Gasteiger partial charge in [0.15, 0.2) is 0 Å². The number of hydrogen-bond donors (Lipinski definition) is 0. The highest BCUT2D eigenvalue weighted by molar-refractivity contribution is 5.42. The third-order valence-corrected chi connectivity index (χ3v) is 3.20. The van der Waals surface area contributed by atoms with Crippen LogP contribution >= 0.6 is 0 Å². The first-order valence-electron chi connectivity index (χ1n) is 6.52. The van der Waals surface area contributed by atoms with Gasteiger partial charge in [-0.1, -0.05) is 13.8 Å². The van der Waals surface area contributed by atoms with Gasteiger partial charge >= 0.3 is 0 Å². The van der Waals surface area contributed by atoms with Crippen molar-refractivity contribution >= 4 is 5.82 Å². The minimum atomic E-state index is 0.622. The first kappa shape index (κ1) is 12.8. The summed E-state index contributed by atoms with van der Waals surface area (Å²) in [5, 5.41) is 8.75. The van der Waals surface area contributed by atoms with Crippen LogP contribution in [0.4, 0.5) is 5.82 Å². The van der Waals surface area contributed by atoms with E-state index in [-0.39, 0.29) is 0 Å². The topological polar surface area (TPSA) is 43.2 Å². The summed E-state index contributed by atoms with van der Waals surface area (Å²) >= 11 is 0. The third-order valence-electron chi connectivity index (χ3n) is 3.20. The lowest BCUT2D eigenvalue weighted by Gasteiger charge is -2.36. The Morgan fingerprint density at radius 1 is 1.28 bits per heavy atom. The van der Waals surface area contributed by atoms with Crippen LogP contribution < -0.4 is 4.90 Å². The van der Waals surface area contributed by atoms with Gasteiger partial charge in [0, 0.05) is 38.9 Å². The van der Waals surface area contributed by atoms with Crippen molar-refractivity contribution in [3.8, 4) is 6.07 Å². The lowest BCUT2D eigenvalue weighted by atomic mass is 10.2. The van der Waals surface area contributed by atoms with E-state index in [9.17, 15) is 0 Å². The van der Waals surface area contributed by atoms with Crippen molar-refractivity contribution in [2.24, 2.45) is 5.92 Å². The summed E-state index contributed by atoms with van der Waals surface area (Å²) in [6.45, 7) is 9.93. The van der Waals surface area contributed by atoms with Crippen LogP contribution in [0.15, 0.2) is 18.3 Å². The molecule has 1 fully saturated rings. The summed E-state index contributed by atoms with van der Waals surface area (Å²) in [4.78, 5) is 9.14. The lowest BCUT2D eigenvalue weighted by Crippen LogP contribution is -2.47. The molecule has 0 saturated carbocycles. The predicted octanol–water partition coefficient (Wildman–Crippen LogP) is 1.73. The molecule has 96 valence electrons. The first-order valence-corrected chi connectivity index (χ1v) is 6.52. The molecule has 1 aliphatic heterocycles. The molecule has 1 saturated heterocycles. The number of pyridine rings is 1. The fourth-order valence-corrected chi connectivity index (χ4v) is 2.32. The highest BCUT2D eigenvalue weighted by atomic mass is 15.3. The van der Waals surface area contributed by atoms with Crippen molar-refractivity contribution in [1.82, 2.24) is 9.88 Å². The molecule has 0 amide bonds. The van der Waals surface area contributed by atoms with E-state index in [1.807, 2.05) is 12.1 Å². The Morgan fingerprint density at radius 3 is 2.50 bits per heavy atom. The molecule has 2 heterocycles. The zero-order chi connectivity index (χ0) is 13.0.